The lowest BCUT2D eigenvalue weighted by atomic mass is 9.78. The molecular formula is C21H29NO3S. The maximum Gasteiger partial charge on any atom is 0.306 e. The molecule has 1 saturated carbocycles. The molecule has 1 aromatic carbocycles. The molecule has 1 saturated heterocycles. The SMILES string of the molecule is O=C(CCCSC(=O)N1CCCC2CCCCC21)OCc1ccccc1. The van der Waals surface area contributed by atoms with Crippen LogP contribution in [0.4, 0.5) is 4.79 Å². The first kappa shape index (κ1) is 19.3. The van der Waals surface area contributed by atoms with Gasteiger partial charge in [-0.2, -0.15) is 0 Å². The number of rotatable bonds is 6. The monoisotopic (exact) mass is 375 g/mol. The molecule has 2 unspecified atom stereocenters. The Hall–Kier alpha value is -1.49. The third kappa shape index (κ3) is 5.50. The van der Waals surface area contributed by atoms with Gasteiger partial charge in [-0.3, -0.25) is 9.59 Å². The first-order valence-corrected chi connectivity index (χ1v) is 10.9. The van der Waals surface area contributed by atoms with Gasteiger partial charge in [-0.15, -0.1) is 0 Å². The van der Waals surface area contributed by atoms with E-state index in [-0.39, 0.29) is 11.2 Å². The minimum absolute atomic E-state index is 0.188. The van der Waals surface area contributed by atoms with Crippen LogP contribution in [0.3, 0.4) is 0 Å². The van der Waals surface area contributed by atoms with Gasteiger partial charge in [-0.25, -0.2) is 0 Å². The van der Waals surface area contributed by atoms with E-state index < -0.39 is 0 Å². The fourth-order valence-corrected chi connectivity index (χ4v) is 4.98. The van der Waals surface area contributed by atoms with Crippen LogP contribution in [-0.2, 0) is 16.1 Å². The molecule has 1 aliphatic heterocycles. The van der Waals surface area contributed by atoms with Gasteiger partial charge in [0.25, 0.3) is 5.24 Å². The van der Waals surface area contributed by atoms with E-state index in [9.17, 15) is 9.59 Å². The van der Waals surface area contributed by atoms with Crippen molar-refractivity contribution in [1.29, 1.82) is 0 Å². The Morgan fingerprint density at radius 2 is 1.85 bits per heavy atom. The molecule has 0 radical (unpaired) electrons. The van der Waals surface area contributed by atoms with Crippen LogP contribution in [0.1, 0.15) is 56.9 Å². The quantitative estimate of drug-likeness (QED) is 0.517. The molecule has 142 valence electrons. The molecule has 1 heterocycles. The van der Waals surface area contributed by atoms with Crippen molar-refractivity contribution in [2.45, 2.75) is 64.0 Å². The summed E-state index contributed by atoms with van der Waals surface area (Å²) in [7, 11) is 0. The minimum atomic E-state index is -0.188. The zero-order chi connectivity index (χ0) is 18.2. The lowest BCUT2D eigenvalue weighted by Crippen LogP contribution is -2.48. The summed E-state index contributed by atoms with van der Waals surface area (Å²) in [4.78, 5) is 26.5. The third-order valence-corrected chi connectivity index (χ3v) is 6.45. The summed E-state index contributed by atoms with van der Waals surface area (Å²) in [5.41, 5.74) is 0.998. The summed E-state index contributed by atoms with van der Waals surface area (Å²) in [5.74, 6) is 1.22. The lowest BCUT2D eigenvalue weighted by molar-refractivity contribution is -0.144. The molecule has 1 amide bonds. The number of carbonyl (C=O) groups is 2. The zero-order valence-electron chi connectivity index (χ0n) is 15.4. The number of benzene rings is 1. The van der Waals surface area contributed by atoms with Crippen molar-refractivity contribution in [2.24, 2.45) is 5.92 Å². The zero-order valence-corrected chi connectivity index (χ0v) is 16.2. The van der Waals surface area contributed by atoms with Crippen molar-refractivity contribution in [3.63, 3.8) is 0 Å². The predicted molar refractivity (Wildman–Crippen MR) is 105 cm³/mol. The van der Waals surface area contributed by atoms with Crippen molar-refractivity contribution in [3.8, 4) is 0 Å². The van der Waals surface area contributed by atoms with Crippen LogP contribution in [0.25, 0.3) is 0 Å². The second-order valence-electron chi connectivity index (χ2n) is 7.31. The van der Waals surface area contributed by atoms with Crippen LogP contribution in [0.5, 0.6) is 0 Å². The van der Waals surface area contributed by atoms with Crippen molar-refractivity contribution in [2.75, 3.05) is 12.3 Å². The average Bonchev–Trinajstić information content (AvgIpc) is 2.70. The second kappa shape index (κ2) is 10.0. The average molecular weight is 376 g/mol. The summed E-state index contributed by atoms with van der Waals surface area (Å²) in [5, 5.41) is 0.208. The molecule has 1 aromatic rings. The fourth-order valence-electron chi connectivity index (χ4n) is 4.12. The molecule has 2 aliphatic rings. The Balaban J connectivity index is 1.32. The second-order valence-corrected chi connectivity index (χ2v) is 8.36. The van der Waals surface area contributed by atoms with Gasteiger partial charge in [0.1, 0.15) is 6.61 Å². The van der Waals surface area contributed by atoms with Crippen LogP contribution in [0.15, 0.2) is 30.3 Å². The first-order chi connectivity index (χ1) is 12.7. The number of carbonyl (C=O) groups excluding carboxylic acids is 2. The molecule has 5 heteroatoms. The highest BCUT2D eigenvalue weighted by atomic mass is 32.2. The summed E-state index contributed by atoms with van der Waals surface area (Å²) in [6.07, 6.45) is 8.51. The van der Waals surface area contributed by atoms with Crippen LogP contribution in [-0.4, -0.2) is 34.4 Å². The number of piperidine rings is 1. The third-order valence-electron chi connectivity index (χ3n) is 5.47. The molecule has 0 bridgehead atoms. The number of fused-ring (bicyclic) bond motifs is 1. The van der Waals surface area contributed by atoms with E-state index in [0.29, 0.717) is 31.2 Å². The van der Waals surface area contributed by atoms with Gasteiger partial charge in [0.05, 0.1) is 0 Å². The Bertz CT molecular complexity index is 590. The van der Waals surface area contributed by atoms with Gasteiger partial charge in [-0.1, -0.05) is 54.9 Å². The smallest absolute Gasteiger partial charge is 0.306 e. The molecule has 0 spiro atoms. The number of hydrogen-bond acceptors (Lipinski definition) is 4. The number of hydrogen-bond donors (Lipinski definition) is 0. The van der Waals surface area contributed by atoms with Gasteiger partial charge in [0.2, 0.25) is 0 Å². The van der Waals surface area contributed by atoms with E-state index in [2.05, 4.69) is 4.90 Å². The largest absolute Gasteiger partial charge is 0.461 e. The summed E-state index contributed by atoms with van der Waals surface area (Å²) in [6, 6.07) is 10.2. The van der Waals surface area contributed by atoms with Gasteiger partial charge >= 0.3 is 5.97 Å². The van der Waals surface area contributed by atoms with E-state index in [1.807, 2.05) is 30.3 Å². The van der Waals surface area contributed by atoms with Crippen molar-refractivity contribution < 1.29 is 14.3 Å². The molecule has 1 aliphatic carbocycles. The van der Waals surface area contributed by atoms with E-state index >= 15 is 0 Å². The van der Waals surface area contributed by atoms with Gasteiger partial charge in [0.15, 0.2) is 0 Å². The Morgan fingerprint density at radius 3 is 2.69 bits per heavy atom. The van der Waals surface area contributed by atoms with Crippen molar-refractivity contribution in [3.05, 3.63) is 35.9 Å². The van der Waals surface area contributed by atoms with E-state index in [0.717, 1.165) is 24.4 Å². The normalized spacial score (nSPS) is 22.5. The fraction of sp³-hybridized carbons (Fsp3) is 0.619. The van der Waals surface area contributed by atoms with E-state index in [1.165, 1.54) is 43.9 Å². The number of ether oxygens (including phenoxy) is 1. The van der Waals surface area contributed by atoms with Crippen molar-refractivity contribution >= 4 is 23.0 Å². The van der Waals surface area contributed by atoms with Crippen LogP contribution in [0.2, 0.25) is 0 Å². The van der Waals surface area contributed by atoms with Crippen LogP contribution in [0, 0.1) is 5.92 Å². The standard InChI is InChI=1S/C21H29NO3S/c23-20(25-16-17-8-2-1-3-9-17)13-7-15-26-21(24)22-14-6-11-18-10-4-5-12-19(18)22/h1-3,8-9,18-19H,4-7,10-16H2. The van der Waals surface area contributed by atoms with Gasteiger partial charge in [-0.05, 0) is 43.6 Å². The Morgan fingerprint density at radius 1 is 1.08 bits per heavy atom. The molecule has 2 atom stereocenters. The summed E-state index contributed by atoms with van der Waals surface area (Å²) >= 11 is 1.37. The van der Waals surface area contributed by atoms with E-state index in [1.54, 1.807) is 0 Å². The topological polar surface area (TPSA) is 46.6 Å². The Labute approximate surface area is 160 Å². The van der Waals surface area contributed by atoms with E-state index in [4.69, 9.17) is 4.74 Å². The Kier molecular flexibility index (Phi) is 7.42. The molecule has 3 rings (SSSR count). The van der Waals surface area contributed by atoms with Crippen molar-refractivity contribution in [1.82, 2.24) is 4.90 Å². The summed E-state index contributed by atoms with van der Waals surface area (Å²) in [6.45, 7) is 1.23. The molecule has 26 heavy (non-hydrogen) atoms. The van der Waals surface area contributed by atoms with Crippen LogP contribution >= 0.6 is 11.8 Å². The maximum absolute atomic E-state index is 12.6. The number of esters is 1. The predicted octanol–water partition coefficient (Wildman–Crippen LogP) is 5.02. The molecule has 0 N–H and O–H groups in total. The summed E-state index contributed by atoms with van der Waals surface area (Å²) < 4.78 is 5.28. The highest BCUT2D eigenvalue weighted by Gasteiger charge is 2.35. The number of thioether (sulfide) groups is 1. The highest BCUT2D eigenvalue weighted by molar-refractivity contribution is 8.13. The number of amides is 1. The maximum atomic E-state index is 12.6. The molecule has 0 aromatic heterocycles. The van der Waals surface area contributed by atoms with Gasteiger partial charge in [0, 0.05) is 24.8 Å². The molecule has 2 fully saturated rings. The highest BCUT2D eigenvalue weighted by Crippen LogP contribution is 2.36. The number of likely N-dealkylation sites (tertiary alicyclic amines) is 1. The van der Waals surface area contributed by atoms with Gasteiger partial charge < -0.3 is 9.64 Å². The number of nitrogens with zero attached hydrogens (tertiary/aromatic N) is 1. The molecular weight excluding hydrogens is 346 g/mol. The molecule has 4 nitrogen and oxygen atoms in total. The van der Waals surface area contributed by atoms with Crippen LogP contribution < -0.4 is 0 Å². The first-order valence-electron chi connectivity index (χ1n) is 9.87. The minimum Gasteiger partial charge on any atom is -0.461 e. The lowest BCUT2D eigenvalue weighted by Gasteiger charge is -2.43.